The fourth-order valence-electron chi connectivity index (χ4n) is 4.26. The van der Waals surface area contributed by atoms with Gasteiger partial charge in [0.2, 0.25) is 0 Å². The smallest absolute Gasteiger partial charge is 0.125 e. The summed E-state index contributed by atoms with van der Waals surface area (Å²) < 4.78 is 5.81. The molecule has 1 aliphatic carbocycles. The van der Waals surface area contributed by atoms with Crippen LogP contribution >= 0.6 is 11.6 Å². The summed E-state index contributed by atoms with van der Waals surface area (Å²) in [4.78, 5) is 0. The fraction of sp³-hybridized carbons (Fsp3) is 0.647. The molecule has 0 radical (unpaired) electrons. The Morgan fingerprint density at radius 2 is 2.00 bits per heavy atom. The van der Waals surface area contributed by atoms with Crippen LogP contribution in [0.3, 0.4) is 0 Å². The fourth-order valence-corrected chi connectivity index (χ4v) is 4.52. The third kappa shape index (κ3) is 2.26. The zero-order valence-electron chi connectivity index (χ0n) is 13.3. The maximum atomic E-state index is 6.26. The standard InChI is InChI=1S/C17H25ClN2O/c1-16(2)15(17(16,3)4)13(20-19)9-11-8-12(18)7-10-5-6-21-14(10)11/h7-8,13,15,20H,5-6,9,19H2,1-4H3. The summed E-state index contributed by atoms with van der Waals surface area (Å²) in [5, 5.41) is 0.791. The van der Waals surface area contributed by atoms with Crippen molar-refractivity contribution in [2.24, 2.45) is 22.6 Å². The van der Waals surface area contributed by atoms with E-state index >= 15 is 0 Å². The van der Waals surface area contributed by atoms with Crippen LogP contribution in [0.5, 0.6) is 5.75 Å². The second-order valence-electron chi connectivity index (χ2n) is 7.55. The Morgan fingerprint density at radius 1 is 1.33 bits per heavy atom. The largest absolute Gasteiger partial charge is 0.493 e. The maximum Gasteiger partial charge on any atom is 0.125 e. The minimum absolute atomic E-state index is 0.238. The van der Waals surface area contributed by atoms with Gasteiger partial charge in [-0.25, -0.2) is 0 Å². The average Bonchev–Trinajstić information content (AvgIpc) is 2.75. The van der Waals surface area contributed by atoms with Crippen molar-refractivity contribution in [2.45, 2.75) is 46.6 Å². The second-order valence-corrected chi connectivity index (χ2v) is 7.99. The molecule has 0 spiro atoms. The first kappa shape index (κ1) is 15.1. The number of ether oxygens (including phenoxy) is 1. The summed E-state index contributed by atoms with van der Waals surface area (Å²) in [5.74, 6) is 7.43. The van der Waals surface area contributed by atoms with E-state index in [2.05, 4.69) is 33.1 Å². The molecule has 2 aliphatic rings. The first-order valence-electron chi connectivity index (χ1n) is 7.69. The molecule has 1 unspecified atom stereocenters. The van der Waals surface area contributed by atoms with Crippen LogP contribution in [0.1, 0.15) is 38.8 Å². The van der Waals surface area contributed by atoms with Crippen LogP contribution in [0, 0.1) is 16.7 Å². The first-order chi connectivity index (χ1) is 9.79. The number of rotatable bonds is 4. The van der Waals surface area contributed by atoms with Crippen molar-refractivity contribution in [1.82, 2.24) is 5.43 Å². The normalized spacial score (nSPS) is 23.5. The Kier molecular flexibility index (Phi) is 3.51. The molecule has 3 N–H and O–H groups in total. The number of fused-ring (bicyclic) bond motifs is 1. The van der Waals surface area contributed by atoms with E-state index in [0.717, 1.165) is 30.2 Å². The molecule has 0 bridgehead atoms. The molecule has 1 aromatic rings. The molecule has 116 valence electrons. The summed E-state index contributed by atoms with van der Waals surface area (Å²) in [7, 11) is 0. The van der Waals surface area contributed by atoms with Crippen LogP contribution in [-0.4, -0.2) is 12.6 Å². The Labute approximate surface area is 132 Å². The lowest BCUT2D eigenvalue weighted by molar-refractivity contribution is 0.346. The predicted molar refractivity (Wildman–Crippen MR) is 86.5 cm³/mol. The van der Waals surface area contributed by atoms with Crippen molar-refractivity contribution in [3.63, 3.8) is 0 Å². The predicted octanol–water partition coefficient (Wildman–Crippen LogP) is 3.33. The zero-order valence-corrected chi connectivity index (χ0v) is 14.1. The van der Waals surface area contributed by atoms with Crippen LogP contribution in [0.25, 0.3) is 0 Å². The van der Waals surface area contributed by atoms with Crippen LogP contribution < -0.4 is 16.0 Å². The molecule has 3 nitrogen and oxygen atoms in total. The van der Waals surface area contributed by atoms with E-state index in [1.165, 1.54) is 11.1 Å². The van der Waals surface area contributed by atoms with Crippen molar-refractivity contribution in [3.8, 4) is 5.75 Å². The summed E-state index contributed by atoms with van der Waals surface area (Å²) >= 11 is 6.26. The van der Waals surface area contributed by atoms with Crippen molar-refractivity contribution in [3.05, 3.63) is 28.3 Å². The van der Waals surface area contributed by atoms with Crippen LogP contribution in [0.4, 0.5) is 0 Å². The van der Waals surface area contributed by atoms with Crippen molar-refractivity contribution in [1.29, 1.82) is 0 Å². The highest BCUT2D eigenvalue weighted by Gasteiger charge is 2.66. The van der Waals surface area contributed by atoms with E-state index in [1.54, 1.807) is 0 Å². The molecule has 0 amide bonds. The van der Waals surface area contributed by atoms with Gasteiger partial charge in [0.1, 0.15) is 5.75 Å². The lowest BCUT2D eigenvalue weighted by atomic mass is 9.95. The SMILES string of the molecule is CC1(C)C(C(Cc2cc(Cl)cc3c2OCC3)NN)C1(C)C. The first-order valence-corrected chi connectivity index (χ1v) is 8.07. The van der Waals surface area contributed by atoms with Gasteiger partial charge in [-0.1, -0.05) is 39.3 Å². The van der Waals surface area contributed by atoms with E-state index in [4.69, 9.17) is 22.2 Å². The van der Waals surface area contributed by atoms with Gasteiger partial charge < -0.3 is 4.74 Å². The van der Waals surface area contributed by atoms with Gasteiger partial charge in [-0.3, -0.25) is 11.3 Å². The van der Waals surface area contributed by atoms with Gasteiger partial charge in [0, 0.05) is 17.5 Å². The third-order valence-electron chi connectivity index (χ3n) is 6.01. The lowest BCUT2D eigenvalue weighted by Crippen LogP contribution is -2.40. The molecule has 1 heterocycles. The van der Waals surface area contributed by atoms with Crippen molar-refractivity contribution >= 4 is 11.6 Å². The summed E-state index contributed by atoms with van der Waals surface area (Å²) in [6, 6.07) is 4.28. The number of benzene rings is 1. The monoisotopic (exact) mass is 308 g/mol. The van der Waals surface area contributed by atoms with Gasteiger partial charge in [0.25, 0.3) is 0 Å². The molecule has 1 fully saturated rings. The Bertz CT molecular complexity index is 554. The Hall–Kier alpha value is -0.770. The topological polar surface area (TPSA) is 47.3 Å². The molecule has 1 atom stereocenters. The zero-order chi connectivity index (χ0) is 15.4. The Balaban J connectivity index is 1.87. The van der Waals surface area contributed by atoms with Gasteiger partial charge >= 0.3 is 0 Å². The van der Waals surface area contributed by atoms with Crippen LogP contribution in [-0.2, 0) is 12.8 Å². The molecular formula is C17H25ClN2O. The van der Waals surface area contributed by atoms with E-state index in [9.17, 15) is 0 Å². The molecule has 0 aromatic heterocycles. The van der Waals surface area contributed by atoms with E-state index in [1.807, 2.05) is 12.1 Å². The number of nitrogens with one attached hydrogen (secondary N) is 1. The highest BCUT2D eigenvalue weighted by atomic mass is 35.5. The molecule has 3 rings (SSSR count). The number of hydrogen-bond acceptors (Lipinski definition) is 3. The van der Waals surface area contributed by atoms with E-state index in [-0.39, 0.29) is 6.04 Å². The lowest BCUT2D eigenvalue weighted by Gasteiger charge is -2.20. The molecular weight excluding hydrogens is 284 g/mol. The summed E-state index contributed by atoms with van der Waals surface area (Å²) in [6.45, 7) is 10.0. The third-order valence-corrected chi connectivity index (χ3v) is 6.23. The van der Waals surface area contributed by atoms with E-state index in [0.29, 0.717) is 16.7 Å². The average molecular weight is 309 g/mol. The summed E-state index contributed by atoms with van der Waals surface area (Å²) in [5.41, 5.74) is 6.03. The number of halogens is 1. The van der Waals surface area contributed by atoms with Crippen molar-refractivity contribution < 1.29 is 4.74 Å². The molecule has 1 saturated carbocycles. The number of nitrogens with two attached hydrogens (primary N) is 1. The molecule has 4 heteroatoms. The van der Waals surface area contributed by atoms with Crippen molar-refractivity contribution in [2.75, 3.05) is 6.61 Å². The number of hydrogen-bond donors (Lipinski definition) is 2. The molecule has 0 saturated heterocycles. The summed E-state index contributed by atoms with van der Waals surface area (Å²) in [6.07, 6.45) is 1.81. The number of hydrazine groups is 1. The quantitative estimate of drug-likeness (QED) is 0.662. The molecule has 1 aliphatic heterocycles. The minimum atomic E-state index is 0.238. The van der Waals surface area contributed by atoms with Gasteiger partial charge in [0.05, 0.1) is 6.61 Å². The molecule has 21 heavy (non-hydrogen) atoms. The highest BCUT2D eigenvalue weighted by Crippen LogP contribution is 2.69. The van der Waals surface area contributed by atoms with Crippen LogP contribution in [0.2, 0.25) is 5.02 Å². The molecule has 1 aromatic carbocycles. The second kappa shape index (κ2) is 4.87. The minimum Gasteiger partial charge on any atom is -0.493 e. The van der Waals surface area contributed by atoms with Gasteiger partial charge in [0.15, 0.2) is 0 Å². The van der Waals surface area contributed by atoms with Gasteiger partial charge in [-0.05, 0) is 46.4 Å². The Morgan fingerprint density at radius 3 is 2.57 bits per heavy atom. The van der Waals surface area contributed by atoms with Gasteiger partial charge in [-0.2, -0.15) is 0 Å². The van der Waals surface area contributed by atoms with E-state index < -0.39 is 0 Å². The van der Waals surface area contributed by atoms with Gasteiger partial charge in [-0.15, -0.1) is 0 Å². The maximum absolute atomic E-state index is 6.26. The van der Waals surface area contributed by atoms with Crippen LogP contribution in [0.15, 0.2) is 12.1 Å². The highest BCUT2D eigenvalue weighted by molar-refractivity contribution is 6.30.